The predicted octanol–water partition coefficient (Wildman–Crippen LogP) is 2.08. The summed E-state index contributed by atoms with van der Waals surface area (Å²) in [6.45, 7) is 5.47. The molecule has 0 unspecified atom stereocenters. The minimum Gasteiger partial charge on any atom is -0.452 e. The maximum Gasteiger partial charge on any atom is 0.307 e. The number of esters is 1. The highest BCUT2D eigenvalue weighted by atomic mass is 32.2. The number of nitrogens with one attached hydrogen (secondary N) is 1. The number of carbonyl (C=O) groups excluding carboxylic acids is 2. The number of hydrogen-bond donors (Lipinski definition) is 1. The van der Waals surface area contributed by atoms with E-state index in [1.54, 1.807) is 30.0 Å². The average molecular weight is 397 g/mol. The smallest absolute Gasteiger partial charge is 0.307 e. The van der Waals surface area contributed by atoms with Gasteiger partial charge in [-0.1, -0.05) is 18.2 Å². The number of piperidine rings is 1. The van der Waals surface area contributed by atoms with Gasteiger partial charge in [0.15, 0.2) is 6.10 Å². The molecule has 27 heavy (non-hydrogen) atoms. The third-order valence-corrected chi connectivity index (χ3v) is 6.26. The first-order chi connectivity index (χ1) is 12.7. The first-order valence-corrected chi connectivity index (χ1v) is 10.8. The van der Waals surface area contributed by atoms with Gasteiger partial charge in [-0.05, 0) is 52.2 Å². The van der Waals surface area contributed by atoms with Gasteiger partial charge in [0.1, 0.15) is 0 Å². The van der Waals surface area contributed by atoms with Crippen molar-refractivity contribution in [2.75, 3.05) is 6.54 Å². The van der Waals surface area contributed by atoms with Gasteiger partial charge in [0.25, 0.3) is 5.91 Å². The Labute approximate surface area is 161 Å². The molecule has 1 N–H and O–H groups in total. The van der Waals surface area contributed by atoms with Crippen LogP contribution in [0.4, 0.5) is 0 Å². The molecule has 1 saturated heterocycles. The lowest BCUT2D eigenvalue weighted by molar-refractivity contribution is -0.162. The second kappa shape index (κ2) is 9.32. The third-order valence-electron chi connectivity index (χ3n) is 4.78. The zero-order valence-corrected chi connectivity index (χ0v) is 16.9. The minimum atomic E-state index is -3.67. The molecule has 1 heterocycles. The molecule has 7 nitrogen and oxygen atoms in total. The summed E-state index contributed by atoms with van der Waals surface area (Å²) in [6, 6.07) is 8.17. The van der Waals surface area contributed by atoms with E-state index in [1.165, 1.54) is 12.1 Å². The van der Waals surface area contributed by atoms with Crippen molar-refractivity contribution in [1.82, 2.24) is 9.62 Å². The Morgan fingerprint density at radius 2 is 1.78 bits per heavy atom. The predicted molar refractivity (Wildman–Crippen MR) is 101 cm³/mol. The van der Waals surface area contributed by atoms with E-state index >= 15 is 0 Å². The van der Waals surface area contributed by atoms with E-state index in [-0.39, 0.29) is 35.9 Å². The quantitative estimate of drug-likeness (QED) is 0.712. The van der Waals surface area contributed by atoms with Gasteiger partial charge in [0.05, 0.1) is 11.3 Å². The van der Waals surface area contributed by atoms with Gasteiger partial charge in [-0.15, -0.1) is 0 Å². The zero-order valence-electron chi connectivity index (χ0n) is 16.1. The van der Waals surface area contributed by atoms with Crippen LogP contribution in [0.1, 0.15) is 46.5 Å². The van der Waals surface area contributed by atoms with Gasteiger partial charge in [-0.2, -0.15) is 0 Å². The molecule has 0 aliphatic carbocycles. The number of sulfonamides is 1. The molecule has 1 aromatic rings. The van der Waals surface area contributed by atoms with Crippen molar-refractivity contribution in [3.63, 3.8) is 0 Å². The van der Waals surface area contributed by atoms with Crippen molar-refractivity contribution >= 4 is 21.9 Å². The third kappa shape index (κ3) is 5.77. The van der Waals surface area contributed by atoms with Gasteiger partial charge in [-0.25, -0.2) is 13.1 Å². The first kappa shape index (κ1) is 21.4. The molecular formula is C19H28N2O5S. The van der Waals surface area contributed by atoms with E-state index in [1.807, 2.05) is 13.8 Å². The Bertz CT molecular complexity index is 741. The maximum absolute atomic E-state index is 12.6. The van der Waals surface area contributed by atoms with E-state index in [4.69, 9.17) is 4.74 Å². The Kier molecular flexibility index (Phi) is 7.38. The maximum atomic E-state index is 12.6. The van der Waals surface area contributed by atoms with Crippen molar-refractivity contribution < 1.29 is 22.7 Å². The Morgan fingerprint density at radius 3 is 2.37 bits per heavy atom. The summed E-state index contributed by atoms with van der Waals surface area (Å²) >= 11 is 0. The molecule has 0 bridgehead atoms. The van der Waals surface area contributed by atoms with Crippen molar-refractivity contribution in [3.8, 4) is 0 Å². The largest absolute Gasteiger partial charge is 0.452 e. The summed E-state index contributed by atoms with van der Waals surface area (Å²) in [7, 11) is -3.67. The fourth-order valence-electron chi connectivity index (χ4n) is 3.34. The van der Waals surface area contributed by atoms with Gasteiger partial charge in [0.2, 0.25) is 10.0 Å². The lowest BCUT2D eigenvalue weighted by atomic mass is 9.97. The average Bonchev–Trinajstić information content (AvgIpc) is 2.62. The number of ether oxygens (including phenoxy) is 1. The summed E-state index contributed by atoms with van der Waals surface area (Å²) in [5, 5.41) is 0. The lowest BCUT2D eigenvalue weighted by Gasteiger charge is -2.40. The molecule has 1 aliphatic rings. The molecular weight excluding hydrogens is 368 g/mol. The minimum absolute atomic E-state index is 0.0898. The normalized spacial score (nSPS) is 21.5. The highest BCUT2D eigenvalue weighted by Crippen LogP contribution is 2.23. The van der Waals surface area contributed by atoms with Crippen LogP contribution in [0.5, 0.6) is 0 Å². The van der Waals surface area contributed by atoms with Crippen LogP contribution < -0.4 is 4.72 Å². The SMILES string of the molecule is C[C@@H]1CCC[C@H](C)N1C(=O)[C@@H](C)OC(=O)CCNS(=O)(=O)c1ccccc1. The topological polar surface area (TPSA) is 92.8 Å². The molecule has 1 aliphatic heterocycles. The van der Waals surface area contributed by atoms with Crippen LogP contribution in [0.15, 0.2) is 35.2 Å². The Morgan fingerprint density at radius 1 is 1.19 bits per heavy atom. The number of nitrogens with zero attached hydrogens (tertiary/aromatic N) is 1. The summed E-state index contributed by atoms with van der Waals surface area (Å²) in [6.07, 6.45) is 1.94. The van der Waals surface area contributed by atoms with Crippen molar-refractivity contribution in [2.45, 2.75) is 69.5 Å². The van der Waals surface area contributed by atoms with Crippen LogP contribution in [0.25, 0.3) is 0 Å². The van der Waals surface area contributed by atoms with Crippen LogP contribution >= 0.6 is 0 Å². The fourth-order valence-corrected chi connectivity index (χ4v) is 4.40. The van der Waals surface area contributed by atoms with Crippen molar-refractivity contribution in [1.29, 1.82) is 0 Å². The van der Waals surface area contributed by atoms with Gasteiger partial charge in [0, 0.05) is 18.6 Å². The number of benzene rings is 1. The van der Waals surface area contributed by atoms with E-state index in [9.17, 15) is 18.0 Å². The molecule has 0 aromatic heterocycles. The molecule has 2 rings (SSSR count). The number of rotatable bonds is 7. The summed E-state index contributed by atoms with van der Waals surface area (Å²) in [5.74, 6) is -0.808. The standard InChI is InChI=1S/C19H28N2O5S/c1-14-8-7-9-15(2)21(14)19(23)16(3)26-18(22)12-13-20-27(24,25)17-10-5-4-6-11-17/h4-6,10-11,14-16,20H,7-9,12-13H2,1-3H3/t14-,15+,16-/m1/s1. The highest BCUT2D eigenvalue weighted by molar-refractivity contribution is 7.89. The zero-order chi connectivity index (χ0) is 20.0. The van der Waals surface area contributed by atoms with Crippen LogP contribution in [-0.2, 0) is 24.3 Å². The number of amides is 1. The molecule has 0 radical (unpaired) electrons. The van der Waals surface area contributed by atoms with Crippen molar-refractivity contribution in [2.24, 2.45) is 0 Å². The molecule has 150 valence electrons. The second-order valence-electron chi connectivity index (χ2n) is 6.97. The molecule has 1 fully saturated rings. The first-order valence-electron chi connectivity index (χ1n) is 9.28. The van der Waals surface area contributed by atoms with E-state index in [0.717, 1.165) is 19.3 Å². The van der Waals surface area contributed by atoms with Gasteiger partial charge < -0.3 is 9.64 Å². The van der Waals surface area contributed by atoms with E-state index in [2.05, 4.69) is 4.72 Å². The molecule has 8 heteroatoms. The molecule has 1 aromatic carbocycles. The Hall–Kier alpha value is -1.93. The number of carbonyl (C=O) groups is 2. The van der Waals surface area contributed by atoms with E-state index < -0.39 is 22.1 Å². The van der Waals surface area contributed by atoms with Crippen LogP contribution in [0.2, 0.25) is 0 Å². The highest BCUT2D eigenvalue weighted by Gasteiger charge is 2.33. The second-order valence-corrected chi connectivity index (χ2v) is 8.73. The summed E-state index contributed by atoms with van der Waals surface area (Å²) in [5.41, 5.74) is 0. The Balaban J connectivity index is 1.82. The van der Waals surface area contributed by atoms with Gasteiger partial charge in [-0.3, -0.25) is 9.59 Å². The van der Waals surface area contributed by atoms with Gasteiger partial charge >= 0.3 is 5.97 Å². The van der Waals surface area contributed by atoms with E-state index in [0.29, 0.717) is 0 Å². The summed E-state index contributed by atoms with van der Waals surface area (Å²) < 4.78 is 31.8. The monoisotopic (exact) mass is 396 g/mol. The number of hydrogen-bond acceptors (Lipinski definition) is 5. The molecule has 1 amide bonds. The lowest BCUT2D eigenvalue weighted by Crippen LogP contribution is -2.51. The van der Waals surface area contributed by atoms with Crippen LogP contribution in [0.3, 0.4) is 0 Å². The fraction of sp³-hybridized carbons (Fsp3) is 0.579. The van der Waals surface area contributed by atoms with Crippen LogP contribution in [0, 0.1) is 0 Å². The molecule has 3 atom stereocenters. The summed E-state index contributed by atoms with van der Waals surface area (Å²) in [4.78, 5) is 26.5. The van der Waals surface area contributed by atoms with Crippen molar-refractivity contribution in [3.05, 3.63) is 30.3 Å². The number of likely N-dealkylation sites (tertiary alicyclic amines) is 1. The molecule has 0 spiro atoms. The molecule has 0 saturated carbocycles. The van der Waals surface area contributed by atoms with Crippen LogP contribution in [-0.4, -0.2) is 49.9 Å².